The van der Waals surface area contributed by atoms with Crippen molar-refractivity contribution >= 4 is 6.09 Å². The van der Waals surface area contributed by atoms with Gasteiger partial charge in [-0.2, -0.15) is 4.85 Å². The van der Waals surface area contributed by atoms with Crippen LogP contribution in [0.25, 0.3) is 4.85 Å². The molecule has 0 unspecified atom stereocenters. The van der Waals surface area contributed by atoms with Crippen LogP contribution in [0.3, 0.4) is 0 Å². The van der Waals surface area contributed by atoms with Crippen LogP contribution in [-0.2, 0) is 4.74 Å². The summed E-state index contributed by atoms with van der Waals surface area (Å²) in [7, 11) is 0. The van der Waals surface area contributed by atoms with Crippen molar-refractivity contribution < 1.29 is 9.53 Å². The number of carbonyl (C=O) groups excluding carboxylic acids is 1. The lowest BCUT2D eigenvalue weighted by Crippen LogP contribution is -2.21. The van der Waals surface area contributed by atoms with E-state index in [1.807, 2.05) is 0 Å². The standard InChI is InChI=1S/C6H9NO2/c1-6(2,3)9-5(8)7-4/h1-3H3. The predicted molar refractivity (Wildman–Crippen MR) is 32.8 cm³/mol. The van der Waals surface area contributed by atoms with E-state index in [1.54, 1.807) is 20.8 Å². The molecule has 0 radical (unpaired) electrons. The predicted octanol–water partition coefficient (Wildman–Crippen LogP) is 1.84. The summed E-state index contributed by atoms with van der Waals surface area (Å²) in [6, 6.07) is 0. The second-order valence-corrected chi connectivity index (χ2v) is 2.59. The molecule has 0 atom stereocenters. The molecule has 0 aliphatic rings. The van der Waals surface area contributed by atoms with E-state index < -0.39 is 11.7 Å². The minimum Gasteiger partial charge on any atom is -0.481 e. The summed E-state index contributed by atoms with van der Waals surface area (Å²) in [6.45, 7) is 11.4. The van der Waals surface area contributed by atoms with E-state index in [1.165, 1.54) is 0 Å². The van der Waals surface area contributed by atoms with Crippen molar-refractivity contribution in [2.75, 3.05) is 0 Å². The summed E-state index contributed by atoms with van der Waals surface area (Å²) in [6.07, 6.45) is -0.845. The van der Waals surface area contributed by atoms with Crippen LogP contribution in [0, 0.1) is 6.57 Å². The normalized spacial score (nSPS) is 10.0. The Labute approximate surface area is 54.4 Å². The highest BCUT2D eigenvalue weighted by atomic mass is 16.6. The molecule has 0 bridgehead atoms. The Morgan fingerprint density at radius 3 is 2.11 bits per heavy atom. The lowest BCUT2D eigenvalue weighted by atomic mass is 10.2. The molecule has 3 nitrogen and oxygen atoms in total. The number of hydrogen-bond acceptors (Lipinski definition) is 2. The van der Waals surface area contributed by atoms with E-state index in [-0.39, 0.29) is 0 Å². The average Bonchev–Trinajstić information content (AvgIpc) is 1.62. The van der Waals surface area contributed by atoms with Crippen molar-refractivity contribution in [1.82, 2.24) is 0 Å². The molecule has 0 saturated heterocycles. The Morgan fingerprint density at radius 1 is 1.56 bits per heavy atom. The Morgan fingerprint density at radius 2 is 2.00 bits per heavy atom. The van der Waals surface area contributed by atoms with Crippen molar-refractivity contribution in [3.63, 3.8) is 0 Å². The van der Waals surface area contributed by atoms with Gasteiger partial charge in [0, 0.05) is 0 Å². The highest BCUT2D eigenvalue weighted by Gasteiger charge is 2.14. The van der Waals surface area contributed by atoms with Gasteiger partial charge < -0.3 is 4.74 Å². The van der Waals surface area contributed by atoms with Gasteiger partial charge in [-0.05, 0) is 20.8 Å². The second kappa shape index (κ2) is 2.49. The maximum atomic E-state index is 10.3. The summed E-state index contributed by atoms with van der Waals surface area (Å²) in [5, 5.41) is 0. The first-order chi connectivity index (χ1) is 3.95. The van der Waals surface area contributed by atoms with Gasteiger partial charge >= 0.3 is 6.09 Å². The van der Waals surface area contributed by atoms with E-state index in [9.17, 15) is 4.79 Å². The van der Waals surface area contributed by atoms with E-state index >= 15 is 0 Å². The van der Waals surface area contributed by atoms with Gasteiger partial charge in [0.25, 0.3) is 0 Å². The minimum absolute atomic E-state index is 0.540. The van der Waals surface area contributed by atoms with Crippen LogP contribution >= 0.6 is 0 Å². The molecule has 9 heavy (non-hydrogen) atoms. The molecular formula is C6H9NO2. The minimum atomic E-state index is -0.845. The first-order valence-electron chi connectivity index (χ1n) is 2.56. The number of nitrogens with zero attached hydrogens (tertiary/aromatic N) is 1. The Kier molecular flexibility index (Phi) is 2.20. The van der Waals surface area contributed by atoms with Gasteiger partial charge in [0.15, 0.2) is 0 Å². The fourth-order valence-corrected chi connectivity index (χ4v) is 0.285. The molecule has 0 heterocycles. The summed E-state index contributed by atoms with van der Waals surface area (Å²) in [4.78, 5) is 12.8. The second-order valence-electron chi connectivity index (χ2n) is 2.59. The molecule has 3 heteroatoms. The molecule has 0 aliphatic heterocycles. The Hall–Kier alpha value is -1.04. The zero-order chi connectivity index (χ0) is 7.49. The fourth-order valence-electron chi connectivity index (χ4n) is 0.285. The summed E-state index contributed by atoms with van der Waals surface area (Å²) in [5.74, 6) is 0. The first-order valence-corrected chi connectivity index (χ1v) is 2.56. The van der Waals surface area contributed by atoms with Gasteiger partial charge in [-0.15, -0.1) is 0 Å². The zero-order valence-corrected chi connectivity index (χ0v) is 5.76. The monoisotopic (exact) mass is 127 g/mol. The van der Waals surface area contributed by atoms with Crippen LogP contribution < -0.4 is 0 Å². The fraction of sp³-hybridized carbons (Fsp3) is 0.667. The van der Waals surface area contributed by atoms with Gasteiger partial charge in [-0.25, -0.2) is 0 Å². The van der Waals surface area contributed by atoms with E-state index in [0.717, 1.165) is 0 Å². The van der Waals surface area contributed by atoms with Crippen molar-refractivity contribution in [2.24, 2.45) is 0 Å². The average molecular weight is 127 g/mol. The zero-order valence-electron chi connectivity index (χ0n) is 5.76. The van der Waals surface area contributed by atoms with Gasteiger partial charge in [0.05, 0.1) is 5.60 Å². The molecule has 0 aromatic carbocycles. The van der Waals surface area contributed by atoms with Crippen molar-refractivity contribution in [1.29, 1.82) is 0 Å². The molecule has 0 saturated carbocycles. The van der Waals surface area contributed by atoms with Crippen LogP contribution in [0.5, 0.6) is 0 Å². The number of hydrogen-bond donors (Lipinski definition) is 0. The van der Waals surface area contributed by atoms with Crippen molar-refractivity contribution in [3.8, 4) is 0 Å². The van der Waals surface area contributed by atoms with Crippen molar-refractivity contribution in [3.05, 3.63) is 11.4 Å². The summed E-state index contributed by atoms with van der Waals surface area (Å²) in [5.41, 5.74) is -0.540. The van der Waals surface area contributed by atoms with Crippen LogP contribution in [0.2, 0.25) is 0 Å². The lowest BCUT2D eigenvalue weighted by Gasteiger charge is -2.17. The molecule has 0 spiro atoms. The number of rotatable bonds is 0. The van der Waals surface area contributed by atoms with Crippen LogP contribution in [0.15, 0.2) is 0 Å². The molecule has 0 aromatic rings. The van der Waals surface area contributed by atoms with Crippen molar-refractivity contribution in [2.45, 2.75) is 26.4 Å². The number of carbonyl (C=O) groups is 1. The van der Waals surface area contributed by atoms with Gasteiger partial charge in [0.1, 0.15) is 6.57 Å². The lowest BCUT2D eigenvalue weighted by molar-refractivity contribution is 0.0664. The first kappa shape index (κ1) is 7.96. The van der Waals surface area contributed by atoms with E-state index in [4.69, 9.17) is 6.57 Å². The molecule has 1 amide bonds. The molecule has 0 aliphatic carbocycles. The topological polar surface area (TPSA) is 30.7 Å². The van der Waals surface area contributed by atoms with Gasteiger partial charge in [-0.1, -0.05) is 0 Å². The highest BCUT2D eigenvalue weighted by Crippen LogP contribution is 2.07. The third kappa shape index (κ3) is 4.82. The number of ether oxygens (including phenoxy) is 1. The van der Waals surface area contributed by atoms with Gasteiger partial charge in [0.2, 0.25) is 0 Å². The molecule has 0 N–H and O–H groups in total. The molecule has 0 aromatic heterocycles. The molecular weight excluding hydrogens is 118 g/mol. The largest absolute Gasteiger partial charge is 0.561 e. The summed E-state index contributed by atoms with van der Waals surface area (Å²) >= 11 is 0. The number of amides is 1. The maximum Gasteiger partial charge on any atom is 0.561 e. The SMILES string of the molecule is [C-]#[N+]C(=O)OC(C)(C)C. The molecule has 0 rings (SSSR count). The van der Waals surface area contributed by atoms with Crippen LogP contribution in [0.1, 0.15) is 20.8 Å². The van der Waals surface area contributed by atoms with Crippen LogP contribution in [-0.4, -0.2) is 11.7 Å². The Bertz CT molecular complexity index is 149. The quantitative estimate of drug-likeness (QED) is 0.465. The third-order valence-electron chi connectivity index (χ3n) is 0.485. The Balaban J connectivity index is 3.78. The smallest absolute Gasteiger partial charge is 0.481 e. The third-order valence-corrected chi connectivity index (χ3v) is 0.485. The van der Waals surface area contributed by atoms with E-state index in [0.29, 0.717) is 0 Å². The van der Waals surface area contributed by atoms with Crippen LogP contribution in [0.4, 0.5) is 4.79 Å². The molecule has 0 fully saturated rings. The highest BCUT2D eigenvalue weighted by molar-refractivity contribution is 5.78. The van der Waals surface area contributed by atoms with Gasteiger partial charge in [-0.3, -0.25) is 4.79 Å². The maximum absolute atomic E-state index is 10.3. The summed E-state index contributed by atoms with van der Waals surface area (Å²) < 4.78 is 4.59. The molecule has 50 valence electrons. The van der Waals surface area contributed by atoms with E-state index in [2.05, 4.69) is 9.58 Å².